The number of piperazine rings is 1. The molecule has 2 aromatic rings. The Bertz CT molecular complexity index is 733. The second-order valence-electron chi connectivity index (χ2n) is 7.29. The molecule has 1 fully saturated rings. The lowest BCUT2D eigenvalue weighted by atomic mass is 10.1. The molecule has 0 unspecified atom stereocenters. The summed E-state index contributed by atoms with van der Waals surface area (Å²) in [5, 5.41) is 8.55. The monoisotopic (exact) mass is 368 g/mol. The molecule has 3 rings (SSSR count). The average Bonchev–Trinajstić information content (AvgIpc) is 2.70. The Labute approximate surface area is 163 Å². The molecule has 0 aliphatic carbocycles. The van der Waals surface area contributed by atoms with Gasteiger partial charge in [0.05, 0.1) is 6.20 Å². The molecule has 0 atom stereocenters. The highest BCUT2D eigenvalue weighted by Gasteiger charge is 2.21. The lowest BCUT2D eigenvalue weighted by Crippen LogP contribution is -2.47. The molecule has 6 heteroatoms. The van der Waals surface area contributed by atoms with Gasteiger partial charge in [0, 0.05) is 45.0 Å². The van der Waals surface area contributed by atoms with E-state index in [0.717, 1.165) is 63.9 Å². The van der Waals surface area contributed by atoms with Gasteiger partial charge in [-0.25, -0.2) is 0 Å². The first-order chi connectivity index (χ1) is 13.1. The van der Waals surface area contributed by atoms with E-state index in [1.807, 2.05) is 0 Å². The number of aryl methyl sites for hydroxylation is 1. The zero-order valence-electron chi connectivity index (χ0n) is 17.1. The van der Waals surface area contributed by atoms with Crippen molar-refractivity contribution in [1.82, 2.24) is 15.2 Å². The Morgan fingerprint density at radius 1 is 0.963 bits per heavy atom. The van der Waals surface area contributed by atoms with Gasteiger partial charge in [-0.15, -0.1) is 5.10 Å². The van der Waals surface area contributed by atoms with Gasteiger partial charge in [0.25, 0.3) is 0 Å². The predicted molar refractivity (Wildman–Crippen MR) is 113 cm³/mol. The highest BCUT2D eigenvalue weighted by molar-refractivity contribution is 5.57. The van der Waals surface area contributed by atoms with Crippen LogP contribution in [0.5, 0.6) is 0 Å². The summed E-state index contributed by atoms with van der Waals surface area (Å²) in [6.07, 6.45) is 4.00. The largest absolute Gasteiger partial charge is 0.368 e. The number of nitrogens with zero attached hydrogens (tertiary/aromatic N) is 6. The summed E-state index contributed by atoms with van der Waals surface area (Å²) >= 11 is 0. The van der Waals surface area contributed by atoms with Gasteiger partial charge in [-0.05, 0) is 43.9 Å². The molecule has 1 aliphatic heterocycles. The Hall–Kier alpha value is -2.37. The first kappa shape index (κ1) is 19.4. The molecule has 1 saturated heterocycles. The molecule has 0 spiro atoms. The summed E-state index contributed by atoms with van der Waals surface area (Å²) in [6.45, 7) is 14.6. The van der Waals surface area contributed by atoms with Crippen LogP contribution in [0.25, 0.3) is 0 Å². The Kier molecular flexibility index (Phi) is 6.48. The van der Waals surface area contributed by atoms with Gasteiger partial charge in [-0.2, -0.15) is 10.1 Å². The van der Waals surface area contributed by atoms with E-state index in [2.05, 4.69) is 70.8 Å². The van der Waals surface area contributed by atoms with E-state index < -0.39 is 0 Å². The van der Waals surface area contributed by atoms with Gasteiger partial charge < -0.3 is 14.7 Å². The second-order valence-corrected chi connectivity index (χ2v) is 7.29. The molecule has 0 radical (unpaired) electrons. The lowest BCUT2D eigenvalue weighted by molar-refractivity contribution is 0.631. The first-order valence-electron chi connectivity index (χ1n) is 10.1. The topological polar surface area (TPSA) is 48.4 Å². The van der Waals surface area contributed by atoms with Gasteiger partial charge in [-0.1, -0.05) is 26.0 Å². The number of hydrogen-bond donors (Lipinski definition) is 0. The molecule has 0 N–H and O–H groups in total. The summed E-state index contributed by atoms with van der Waals surface area (Å²) < 4.78 is 0. The third-order valence-electron chi connectivity index (χ3n) is 5.33. The van der Waals surface area contributed by atoms with Crippen molar-refractivity contribution >= 4 is 17.5 Å². The van der Waals surface area contributed by atoms with Crippen molar-refractivity contribution in [3.63, 3.8) is 0 Å². The number of anilines is 3. The molecule has 6 nitrogen and oxygen atoms in total. The summed E-state index contributed by atoms with van der Waals surface area (Å²) in [5.74, 6) is 1.70. The van der Waals surface area contributed by atoms with Crippen LogP contribution < -0.4 is 14.7 Å². The molecule has 0 bridgehead atoms. The zero-order chi connectivity index (χ0) is 19.2. The third-order valence-corrected chi connectivity index (χ3v) is 5.33. The van der Waals surface area contributed by atoms with Crippen molar-refractivity contribution < 1.29 is 0 Å². The SMILES string of the molecule is CCCN(CCC)c1cnnc(N2CCN(c3cccc(C)c3C)CC2)n1. The van der Waals surface area contributed by atoms with Crippen LogP contribution in [0.4, 0.5) is 17.5 Å². The quantitative estimate of drug-likeness (QED) is 0.746. The average molecular weight is 369 g/mol. The van der Waals surface area contributed by atoms with Crippen LogP contribution in [-0.4, -0.2) is 54.4 Å². The summed E-state index contributed by atoms with van der Waals surface area (Å²) in [7, 11) is 0. The second kappa shape index (κ2) is 9.02. The zero-order valence-corrected chi connectivity index (χ0v) is 17.1. The Morgan fingerprint density at radius 2 is 1.63 bits per heavy atom. The number of rotatable bonds is 7. The standard InChI is InChI=1S/C21H32N6/c1-5-10-26(11-6-2)20-16-22-24-21(23-20)27-14-12-25(13-15-27)19-9-7-8-17(3)18(19)4/h7-9,16H,5-6,10-15H2,1-4H3. The van der Waals surface area contributed by atoms with Gasteiger partial charge in [0.15, 0.2) is 5.82 Å². The van der Waals surface area contributed by atoms with Crippen molar-refractivity contribution in [2.24, 2.45) is 0 Å². The highest BCUT2D eigenvalue weighted by atomic mass is 15.4. The van der Waals surface area contributed by atoms with Crippen molar-refractivity contribution in [1.29, 1.82) is 0 Å². The summed E-state index contributed by atoms with van der Waals surface area (Å²) in [6, 6.07) is 6.55. The highest BCUT2D eigenvalue weighted by Crippen LogP contribution is 2.25. The summed E-state index contributed by atoms with van der Waals surface area (Å²) in [5.41, 5.74) is 4.07. The van der Waals surface area contributed by atoms with Gasteiger partial charge in [-0.3, -0.25) is 0 Å². The van der Waals surface area contributed by atoms with E-state index in [-0.39, 0.29) is 0 Å². The van der Waals surface area contributed by atoms with E-state index in [1.54, 1.807) is 6.20 Å². The van der Waals surface area contributed by atoms with Crippen LogP contribution in [0.2, 0.25) is 0 Å². The van der Waals surface area contributed by atoms with Crippen molar-refractivity contribution in [3.05, 3.63) is 35.5 Å². The third kappa shape index (κ3) is 4.49. The van der Waals surface area contributed by atoms with E-state index >= 15 is 0 Å². The fourth-order valence-corrected chi connectivity index (χ4v) is 3.68. The van der Waals surface area contributed by atoms with Crippen molar-refractivity contribution in [3.8, 4) is 0 Å². The smallest absolute Gasteiger partial charge is 0.247 e. The minimum absolute atomic E-state index is 0.755. The van der Waals surface area contributed by atoms with E-state index in [9.17, 15) is 0 Å². The Balaban J connectivity index is 1.69. The van der Waals surface area contributed by atoms with Crippen LogP contribution in [0.15, 0.2) is 24.4 Å². The Morgan fingerprint density at radius 3 is 2.30 bits per heavy atom. The minimum Gasteiger partial charge on any atom is -0.368 e. The molecule has 1 aliphatic rings. The van der Waals surface area contributed by atoms with Gasteiger partial charge in [0.1, 0.15) is 0 Å². The van der Waals surface area contributed by atoms with E-state index in [0.29, 0.717) is 0 Å². The molecule has 1 aromatic heterocycles. The number of hydrogen-bond acceptors (Lipinski definition) is 6. The number of aromatic nitrogens is 3. The van der Waals surface area contributed by atoms with Crippen molar-refractivity contribution in [2.75, 3.05) is 54.0 Å². The van der Waals surface area contributed by atoms with Gasteiger partial charge in [0.2, 0.25) is 5.95 Å². The molecule has 0 saturated carbocycles. The van der Waals surface area contributed by atoms with Gasteiger partial charge >= 0.3 is 0 Å². The number of benzene rings is 1. The van der Waals surface area contributed by atoms with Crippen LogP contribution in [-0.2, 0) is 0 Å². The van der Waals surface area contributed by atoms with Crippen LogP contribution in [0.1, 0.15) is 37.8 Å². The molecule has 2 heterocycles. The molecule has 0 amide bonds. The van der Waals surface area contributed by atoms with Crippen molar-refractivity contribution in [2.45, 2.75) is 40.5 Å². The molecular formula is C21H32N6. The fraction of sp³-hybridized carbons (Fsp3) is 0.571. The maximum atomic E-state index is 4.82. The minimum atomic E-state index is 0.755. The molecule has 1 aromatic carbocycles. The normalized spacial score (nSPS) is 14.5. The van der Waals surface area contributed by atoms with Crippen LogP contribution >= 0.6 is 0 Å². The molecular weight excluding hydrogens is 336 g/mol. The predicted octanol–water partition coefficient (Wildman–Crippen LogP) is 3.44. The van der Waals surface area contributed by atoms with E-state index in [4.69, 9.17) is 4.98 Å². The summed E-state index contributed by atoms with van der Waals surface area (Å²) in [4.78, 5) is 11.9. The lowest BCUT2D eigenvalue weighted by Gasteiger charge is -2.37. The molecule has 146 valence electrons. The first-order valence-corrected chi connectivity index (χ1v) is 10.1. The fourth-order valence-electron chi connectivity index (χ4n) is 3.68. The van der Waals surface area contributed by atoms with E-state index in [1.165, 1.54) is 16.8 Å². The maximum absolute atomic E-state index is 4.82. The molecule has 27 heavy (non-hydrogen) atoms. The maximum Gasteiger partial charge on any atom is 0.247 e. The van der Waals surface area contributed by atoms with Crippen LogP contribution in [0.3, 0.4) is 0 Å². The van der Waals surface area contributed by atoms with Crippen LogP contribution in [0, 0.1) is 13.8 Å².